The Morgan fingerprint density at radius 2 is 2.54 bits per heavy atom. The maximum Gasteiger partial charge on any atom is 0.0523 e. The Balaban J connectivity index is 1.95. The van der Waals surface area contributed by atoms with E-state index in [2.05, 4.69) is 35.5 Å². The lowest BCUT2D eigenvalue weighted by molar-refractivity contribution is 0.407. The maximum atomic E-state index is 3.25. The first kappa shape index (κ1) is 8.67. The van der Waals surface area contributed by atoms with Gasteiger partial charge in [-0.1, -0.05) is 19.4 Å². The Morgan fingerprint density at radius 1 is 1.62 bits per heavy atom. The van der Waals surface area contributed by atoms with Crippen LogP contribution in [0.1, 0.15) is 19.8 Å². The van der Waals surface area contributed by atoms with Crippen LogP contribution < -0.4 is 5.32 Å². The van der Waals surface area contributed by atoms with Crippen molar-refractivity contribution in [3.05, 3.63) is 24.0 Å². The average Bonchev–Trinajstić information content (AvgIpc) is 2.67. The molecule has 1 N–H and O–H groups in total. The summed E-state index contributed by atoms with van der Waals surface area (Å²) in [7, 11) is 0. The first-order valence-corrected chi connectivity index (χ1v) is 5.25. The van der Waals surface area contributed by atoms with E-state index in [9.17, 15) is 0 Å². The summed E-state index contributed by atoms with van der Waals surface area (Å²) in [6.07, 6.45) is 9.24. The van der Waals surface area contributed by atoms with Gasteiger partial charge in [-0.15, -0.1) is 0 Å². The molecule has 0 bridgehead atoms. The predicted molar refractivity (Wildman–Crippen MR) is 55.2 cm³/mol. The van der Waals surface area contributed by atoms with Crippen molar-refractivity contribution in [2.24, 2.45) is 5.92 Å². The molecule has 2 heterocycles. The lowest BCUT2D eigenvalue weighted by atomic mass is 10.1. The zero-order chi connectivity index (χ0) is 9.10. The maximum absolute atomic E-state index is 3.25. The number of rotatable bonds is 2. The minimum atomic E-state index is 0.913. The molecule has 0 amide bonds. The molecule has 1 atom stereocenters. The highest BCUT2D eigenvalue weighted by Gasteiger charge is 2.21. The largest absolute Gasteiger partial charge is 0.386 e. The van der Waals surface area contributed by atoms with Crippen LogP contribution >= 0.6 is 0 Å². The van der Waals surface area contributed by atoms with E-state index in [-0.39, 0.29) is 0 Å². The number of likely N-dealkylation sites (tertiary alicyclic amines) is 1. The van der Waals surface area contributed by atoms with E-state index in [1.165, 1.54) is 31.6 Å². The number of hydrogen-bond donors (Lipinski definition) is 1. The Kier molecular flexibility index (Phi) is 2.57. The van der Waals surface area contributed by atoms with Gasteiger partial charge in [0.25, 0.3) is 0 Å². The fourth-order valence-corrected chi connectivity index (χ4v) is 2.06. The molecule has 2 aliphatic heterocycles. The number of dihydropyridines is 1. The molecule has 0 aromatic carbocycles. The second-order valence-electron chi connectivity index (χ2n) is 3.89. The van der Waals surface area contributed by atoms with Crippen LogP contribution in [-0.2, 0) is 0 Å². The zero-order valence-corrected chi connectivity index (χ0v) is 8.29. The molecule has 2 heteroatoms. The molecule has 1 unspecified atom stereocenters. The minimum absolute atomic E-state index is 0.913. The minimum Gasteiger partial charge on any atom is -0.386 e. The van der Waals surface area contributed by atoms with Gasteiger partial charge in [0.15, 0.2) is 0 Å². The van der Waals surface area contributed by atoms with Crippen molar-refractivity contribution in [1.82, 2.24) is 10.2 Å². The molecule has 0 aromatic heterocycles. The fraction of sp³-hybridized carbons (Fsp3) is 0.636. The smallest absolute Gasteiger partial charge is 0.0523 e. The van der Waals surface area contributed by atoms with Crippen molar-refractivity contribution < 1.29 is 0 Å². The lowest BCUT2D eigenvalue weighted by Crippen LogP contribution is -2.23. The molecule has 0 saturated carbocycles. The predicted octanol–water partition coefficient (Wildman–Crippen LogP) is 1.72. The zero-order valence-electron chi connectivity index (χ0n) is 8.29. The molecule has 2 rings (SSSR count). The van der Waals surface area contributed by atoms with E-state index in [0.717, 1.165) is 12.5 Å². The topological polar surface area (TPSA) is 15.3 Å². The molecular weight excluding hydrogens is 160 g/mol. The summed E-state index contributed by atoms with van der Waals surface area (Å²) in [6.45, 7) is 5.75. The van der Waals surface area contributed by atoms with Gasteiger partial charge in [-0.2, -0.15) is 0 Å². The summed E-state index contributed by atoms with van der Waals surface area (Å²) >= 11 is 0. The lowest BCUT2D eigenvalue weighted by Gasteiger charge is -2.21. The van der Waals surface area contributed by atoms with Gasteiger partial charge in [0.05, 0.1) is 5.70 Å². The van der Waals surface area contributed by atoms with Gasteiger partial charge in [-0.25, -0.2) is 0 Å². The van der Waals surface area contributed by atoms with Crippen LogP contribution in [0.5, 0.6) is 0 Å². The number of nitrogens with one attached hydrogen (secondary N) is 1. The Hall–Kier alpha value is -0.920. The van der Waals surface area contributed by atoms with Crippen LogP contribution in [0.3, 0.4) is 0 Å². The molecule has 0 aliphatic carbocycles. The van der Waals surface area contributed by atoms with Gasteiger partial charge < -0.3 is 10.2 Å². The third-order valence-electron chi connectivity index (χ3n) is 3.00. The normalized spacial score (nSPS) is 27.3. The van der Waals surface area contributed by atoms with Crippen LogP contribution in [0, 0.1) is 5.92 Å². The van der Waals surface area contributed by atoms with Crippen molar-refractivity contribution >= 4 is 0 Å². The van der Waals surface area contributed by atoms with Gasteiger partial charge in [-0.05, 0) is 18.4 Å². The molecule has 72 valence electrons. The molecule has 0 radical (unpaired) electrons. The van der Waals surface area contributed by atoms with Gasteiger partial charge in [-0.3, -0.25) is 0 Å². The van der Waals surface area contributed by atoms with Crippen molar-refractivity contribution in [3.8, 4) is 0 Å². The van der Waals surface area contributed by atoms with E-state index >= 15 is 0 Å². The molecule has 0 spiro atoms. The standard InChI is InChI=1S/C11H18N2/c1-2-10-5-7-13(9-10)11-4-3-6-12-8-11/h3-4,8,10,12H,2,5-7,9H2,1H3. The SMILES string of the molecule is CCC1CCN(C2=CNCC=C2)C1. The first-order chi connectivity index (χ1) is 6.40. The molecule has 1 saturated heterocycles. The monoisotopic (exact) mass is 178 g/mol. The van der Waals surface area contributed by atoms with Crippen LogP contribution in [0.4, 0.5) is 0 Å². The fourth-order valence-electron chi connectivity index (χ4n) is 2.06. The quantitative estimate of drug-likeness (QED) is 0.692. The summed E-state index contributed by atoms with van der Waals surface area (Å²) in [4.78, 5) is 2.48. The molecule has 0 aromatic rings. The van der Waals surface area contributed by atoms with Gasteiger partial charge in [0.2, 0.25) is 0 Å². The van der Waals surface area contributed by atoms with Crippen LogP contribution in [0.15, 0.2) is 24.0 Å². The number of allylic oxidation sites excluding steroid dienone is 1. The summed E-state index contributed by atoms with van der Waals surface area (Å²) in [6, 6.07) is 0. The van der Waals surface area contributed by atoms with Crippen molar-refractivity contribution in [3.63, 3.8) is 0 Å². The second kappa shape index (κ2) is 3.86. The summed E-state index contributed by atoms with van der Waals surface area (Å²) in [5.41, 5.74) is 1.36. The highest BCUT2D eigenvalue weighted by molar-refractivity contribution is 5.21. The Morgan fingerprint density at radius 3 is 3.15 bits per heavy atom. The van der Waals surface area contributed by atoms with Crippen LogP contribution in [-0.4, -0.2) is 24.5 Å². The summed E-state index contributed by atoms with van der Waals surface area (Å²) < 4.78 is 0. The second-order valence-corrected chi connectivity index (χ2v) is 3.89. The molecule has 2 nitrogen and oxygen atoms in total. The van der Waals surface area contributed by atoms with Gasteiger partial charge in [0.1, 0.15) is 0 Å². The molecule has 13 heavy (non-hydrogen) atoms. The van der Waals surface area contributed by atoms with E-state index < -0.39 is 0 Å². The highest BCUT2D eigenvalue weighted by Crippen LogP contribution is 2.23. The van der Waals surface area contributed by atoms with Gasteiger partial charge >= 0.3 is 0 Å². The molecule has 2 aliphatic rings. The van der Waals surface area contributed by atoms with Crippen LogP contribution in [0.25, 0.3) is 0 Å². The first-order valence-electron chi connectivity index (χ1n) is 5.25. The van der Waals surface area contributed by atoms with Crippen molar-refractivity contribution in [2.45, 2.75) is 19.8 Å². The van der Waals surface area contributed by atoms with E-state index in [4.69, 9.17) is 0 Å². The summed E-state index contributed by atoms with van der Waals surface area (Å²) in [5.74, 6) is 0.913. The van der Waals surface area contributed by atoms with Crippen molar-refractivity contribution in [2.75, 3.05) is 19.6 Å². The third-order valence-corrected chi connectivity index (χ3v) is 3.00. The summed E-state index contributed by atoms with van der Waals surface area (Å²) in [5, 5.41) is 3.25. The average molecular weight is 178 g/mol. The Labute approximate surface area is 80.3 Å². The van der Waals surface area contributed by atoms with E-state index in [0.29, 0.717) is 0 Å². The van der Waals surface area contributed by atoms with E-state index in [1.54, 1.807) is 0 Å². The Bertz CT molecular complexity index is 230. The van der Waals surface area contributed by atoms with E-state index in [1.807, 2.05) is 0 Å². The van der Waals surface area contributed by atoms with Gasteiger partial charge in [0, 0.05) is 25.8 Å². The third kappa shape index (κ3) is 1.87. The molecule has 1 fully saturated rings. The number of nitrogens with zero attached hydrogens (tertiary/aromatic N) is 1. The van der Waals surface area contributed by atoms with Crippen LogP contribution in [0.2, 0.25) is 0 Å². The molecular formula is C11H18N2. The number of hydrogen-bond acceptors (Lipinski definition) is 2. The van der Waals surface area contributed by atoms with Crippen molar-refractivity contribution in [1.29, 1.82) is 0 Å². The highest BCUT2D eigenvalue weighted by atomic mass is 15.2.